The highest BCUT2D eigenvalue weighted by Crippen LogP contribution is 2.33. The Balaban J connectivity index is 1.53. The Morgan fingerprint density at radius 3 is 2.39 bits per heavy atom. The molecule has 4 rings (SSSR count). The summed E-state index contributed by atoms with van der Waals surface area (Å²) >= 11 is 0. The minimum atomic E-state index is -3.60. The summed E-state index contributed by atoms with van der Waals surface area (Å²) in [7, 11) is -2.33. The minimum absolute atomic E-state index is 0.115. The second-order valence-corrected chi connectivity index (χ2v) is 11.0. The van der Waals surface area contributed by atoms with Gasteiger partial charge in [-0.05, 0) is 48.6 Å². The first kappa shape index (κ1) is 25.4. The third kappa shape index (κ3) is 5.13. The van der Waals surface area contributed by atoms with Crippen molar-refractivity contribution in [2.75, 3.05) is 13.7 Å². The molecule has 3 aromatic rings. The molecular weight excluding hydrogens is 480 g/mol. The molecule has 1 aliphatic rings. The van der Waals surface area contributed by atoms with Gasteiger partial charge in [0.25, 0.3) is 0 Å². The number of ether oxygens (including phenoxy) is 1. The summed E-state index contributed by atoms with van der Waals surface area (Å²) in [6.07, 6.45) is 2.61. The summed E-state index contributed by atoms with van der Waals surface area (Å²) in [4.78, 5) is 35.1. The van der Waals surface area contributed by atoms with E-state index < -0.39 is 22.0 Å². The van der Waals surface area contributed by atoms with Crippen LogP contribution in [0.15, 0.2) is 70.6 Å². The Morgan fingerprint density at radius 2 is 1.75 bits per heavy atom. The molecule has 1 aliphatic heterocycles. The number of H-pyrrole nitrogens is 1. The van der Waals surface area contributed by atoms with E-state index in [1.807, 2.05) is 13.8 Å². The van der Waals surface area contributed by atoms with E-state index >= 15 is 0 Å². The van der Waals surface area contributed by atoms with Crippen LogP contribution in [0.1, 0.15) is 38.6 Å². The highest BCUT2D eigenvalue weighted by atomic mass is 32.2. The zero-order valence-corrected chi connectivity index (χ0v) is 21.3. The summed E-state index contributed by atoms with van der Waals surface area (Å²) in [6.45, 7) is 4.31. The first-order valence-electron chi connectivity index (χ1n) is 11.8. The highest BCUT2D eigenvalue weighted by molar-refractivity contribution is 7.91. The molecule has 190 valence electrons. The van der Waals surface area contributed by atoms with Gasteiger partial charge in [-0.25, -0.2) is 18.2 Å². The Labute approximate surface area is 210 Å². The van der Waals surface area contributed by atoms with Crippen molar-refractivity contribution < 1.29 is 22.7 Å². The molecule has 0 spiro atoms. The fourth-order valence-corrected chi connectivity index (χ4v) is 5.68. The van der Waals surface area contributed by atoms with Crippen molar-refractivity contribution in [1.29, 1.82) is 0 Å². The number of imidazole rings is 1. The zero-order chi connectivity index (χ0) is 25.9. The first-order valence-corrected chi connectivity index (χ1v) is 13.3. The van der Waals surface area contributed by atoms with Crippen LogP contribution in [0.25, 0.3) is 11.3 Å². The van der Waals surface area contributed by atoms with Gasteiger partial charge in [0, 0.05) is 6.54 Å². The van der Waals surface area contributed by atoms with Crippen LogP contribution >= 0.6 is 0 Å². The number of hydrogen-bond donors (Lipinski definition) is 2. The predicted octanol–water partition coefficient (Wildman–Crippen LogP) is 3.95. The molecule has 1 saturated heterocycles. The number of hydrogen-bond acceptors (Lipinski definition) is 6. The molecule has 10 heteroatoms. The molecule has 0 unspecified atom stereocenters. The van der Waals surface area contributed by atoms with Crippen molar-refractivity contribution in [3.63, 3.8) is 0 Å². The second kappa shape index (κ2) is 10.5. The van der Waals surface area contributed by atoms with Crippen LogP contribution in [-0.2, 0) is 19.4 Å². The van der Waals surface area contributed by atoms with Crippen molar-refractivity contribution in [3.05, 3.63) is 66.6 Å². The smallest absolute Gasteiger partial charge is 0.407 e. The van der Waals surface area contributed by atoms with Crippen LogP contribution in [0.3, 0.4) is 0 Å². The Kier molecular flexibility index (Phi) is 7.44. The van der Waals surface area contributed by atoms with Gasteiger partial charge >= 0.3 is 6.09 Å². The van der Waals surface area contributed by atoms with E-state index in [4.69, 9.17) is 0 Å². The molecule has 2 atom stereocenters. The number of nitrogens with zero attached hydrogens (tertiary/aromatic N) is 2. The van der Waals surface area contributed by atoms with Crippen LogP contribution in [0.5, 0.6) is 0 Å². The fourth-order valence-electron chi connectivity index (χ4n) is 4.39. The Bertz CT molecular complexity index is 1320. The number of sulfone groups is 1. The summed E-state index contributed by atoms with van der Waals surface area (Å²) in [5, 5.41) is 2.64. The van der Waals surface area contributed by atoms with Gasteiger partial charge in [0.05, 0.1) is 34.8 Å². The molecule has 9 nitrogen and oxygen atoms in total. The third-order valence-corrected chi connectivity index (χ3v) is 8.15. The van der Waals surface area contributed by atoms with E-state index in [2.05, 4.69) is 20.0 Å². The molecule has 0 saturated carbocycles. The molecule has 0 aliphatic carbocycles. The van der Waals surface area contributed by atoms with Gasteiger partial charge in [0.15, 0.2) is 0 Å². The number of rotatable bonds is 7. The van der Waals surface area contributed by atoms with Crippen molar-refractivity contribution in [3.8, 4) is 11.3 Å². The number of carbonyl (C=O) groups excluding carboxylic acids is 2. The topological polar surface area (TPSA) is 121 Å². The molecule has 1 aromatic heterocycles. The Hall–Kier alpha value is -3.66. The maximum atomic E-state index is 13.3. The van der Waals surface area contributed by atoms with E-state index in [-0.39, 0.29) is 27.7 Å². The number of alkyl carbamates (subject to hydrolysis) is 1. The first-order chi connectivity index (χ1) is 17.2. The van der Waals surface area contributed by atoms with Crippen molar-refractivity contribution in [2.24, 2.45) is 5.92 Å². The maximum Gasteiger partial charge on any atom is 0.407 e. The number of carbonyl (C=O) groups is 2. The Morgan fingerprint density at radius 1 is 1.08 bits per heavy atom. The monoisotopic (exact) mass is 510 g/mol. The van der Waals surface area contributed by atoms with Crippen LogP contribution in [0.2, 0.25) is 0 Å². The average Bonchev–Trinajstić information content (AvgIpc) is 3.57. The van der Waals surface area contributed by atoms with Crippen LogP contribution < -0.4 is 5.32 Å². The number of amides is 2. The molecule has 1 fully saturated rings. The maximum absolute atomic E-state index is 13.3. The molecule has 2 heterocycles. The van der Waals surface area contributed by atoms with Crippen LogP contribution in [0.4, 0.5) is 4.79 Å². The molecule has 0 radical (unpaired) electrons. The van der Waals surface area contributed by atoms with Crippen LogP contribution in [-0.4, -0.2) is 55.0 Å². The number of aromatic amines is 1. The summed E-state index contributed by atoms with van der Waals surface area (Å²) < 4.78 is 30.4. The van der Waals surface area contributed by atoms with E-state index in [1.54, 1.807) is 65.7 Å². The fraction of sp³-hybridized carbons (Fsp3) is 0.346. The molecule has 2 N–H and O–H groups in total. The number of likely N-dealkylation sites (tertiary alicyclic amines) is 1. The van der Waals surface area contributed by atoms with Gasteiger partial charge in [-0.3, -0.25) is 4.79 Å². The lowest BCUT2D eigenvalue weighted by Crippen LogP contribution is -2.51. The minimum Gasteiger partial charge on any atom is -0.453 e. The highest BCUT2D eigenvalue weighted by Gasteiger charge is 2.37. The van der Waals surface area contributed by atoms with Crippen molar-refractivity contribution >= 4 is 21.8 Å². The predicted molar refractivity (Wildman–Crippen MR) is 134 cm³/mol. The van der Waals surface area contributed by atoms with E-state index in [0.29, 0.717) is 12.4 Å². The van der Waals surface area contributed by atoms with E-state index in [9.17, 15) is 18.0 Å². The quantitative estimate of drug-likeness (QED) is 0.496. The van der Waals surface area contributed by atoms with Gasteiger partial charge in [0.1, 0.15) is 11.9 Å². The van der Waals surface area contributed by atoms with Crippen molar-refractivity contribution in [1.82, 2.24) is 20.2 Å². The normalized spacial score (nSPS) is 16.7. The molecule has 2 aromatic carbocycles. The SMILES string of the molecule is COC(=O)N[C@H](C(=O)N1CCC[C@H]1c1ncc(-c2ccc(S(=O)(=O)c3ccccc3)cc2)[nH]1)C(C)C. The lowest BCUT2D eigenvalue weighted by molar-refractivity contribution is -0.135. The molecule has 2 amide bonds. The summed E-state index contributed by atoms with van der Waals surface area (Å²) in [6, 6.07) is 14.0. The zero-order valence-electron chi connectivity index (χ0n) is 20.5. The number of benzene rings is 2. The van der Waals surface area contributed by atoms with Gasteiger partial charge in [-0.15, -0.1) is 0 Å². The lowest BCUT2D eigenvalue weighted by atomic mass is 10.0. The third-order valence-electron chi connectivity index (χ3n) is 6.37. The largest absolute Gasteiger partial charge is 0.453 e. The molecular formula is C26H30N4O5S. The average molecular weight is 511 g/mol. The summed E-state index contributed by atoms with van der Waals surface area (Å²) in [5.41, 5.74) is 1.50. The van der Waals surface area contributed by atoms with Crippen LogP contribution in [0, 0.1) is 5.92 Å². The molecule has 0 bridgehead atoms. The van der Waals surface area contributed by atoms with E-state index in [0.717, 1.165) is 24.1 Å². The second-order valence-electron chi connectivity index (χ2n) is 9.07. The van der Waals surface area contributed by atoms with Gasteiger partial charge in [-0.2, -0.15) is 0 Å². The standard InChI is InChI=1S/C26H30N4O5S/c1-17(2)23(29-26(32)35-3)25(31)30-15-7-10-22(30)24-27-16-21(28-24)18-11-13-20(14-12-18)36(33,34)19-8-5-4-6-9-19/h4-6,8-9,11-14,16-17,22-23H,7,10,15H2,1-3H3,(H,27,28)(H,29,32)/t22-,23-/m0/s1. The van der Waals surface area contributed by atoms with Gasteiger partial charge in [-0.1, -0.05) is 44.2 Å². The number of nitrogens with one attached hydrogen (secondary N) is 2. The summed E-state index contributed by atoms with van der Waals surface area (Å²) in [5.74, 6) is 0.361. The van der Waals surface area contributed by atoms with Gasteiger partial charge < -0.3 is 19.9 Å². The van der Waals surface area contributed by atoms with Gasteiger partial charge in [0.2, 0.25) is 15.7 Å². The molecule has 36 heavy (non-hydrogen) atoms. The lowest BCUT2D eigenvalue weighted by Gasteiger charge is -2.30. The van der Waals surface area contributed by atoms with Crippen molar-refractivity contribution in [2.45, 2.75) is 48.6 Å². The number of aromatic nitrogens is 2. The van der Waals surface area contributed by atoms with E-state index in [1.165, 1.54) is 7.11 Å². The number of methoxy groups -OCH3 is 1.